The van der Waals surface area contributed by atoms with Gasteiger partial charge in [-0.3, -0.25) is 0 Å². The van der Waals surface area contributed by atoms with Crippen LogP contribution in [0.1, 0.15) is 10.4 Å². The molecule has 0 N–H and O–H groups in total. The Kier molecular flexibility index (Phi) is 2.21. The molecule has 11 heavy (non-hydrogen) atoms. The fourth-order valence-corrected chi connectivity index (χ4v) is 0.669. The summed E-state index contributed by atoms with van der Waals surface area (Å²) in [6.45, 7) is 0. The smallest absolute Gasteiger partial charge is 0.338 e. The van der Waals surface area contributed by atoms with Crippen LogP contribution in [0.25, 0.3) is 0 Å². The van der Waals surface area contributed by atoms with Crippen molar-refractivity contribution >= 4 is 5.97 Å². The third-order valence-electron chi connectivity index (χ3n) is 1.21. The second kappa shape index (κ2) is 3.14. The number of carbonyl (C=O) groups excluding carboxylic acids is 1. The molecule has 0 heterocycles. The fraction of sp³-hybridized carbons (Fsp3) is 0. The van der Waals surface area contributed by atoms with Crippen molar-refractivity contribution in [3.05, 3.63) is 42.8 Å². The zero-order chi connectivity index (χ0) is 8.27. The van der Waals surface area contributed by atoms with Crippen LogP contribution >= 0.6 is 0 Å². The van der Waals surface area contributed by atoms with Crippen molar-refractivity contribution in [2.24, 2.45) is 0 Å². The zero-order valence-corrected chi connectivity index (χ0v) is 5.71. The van der Waals surface area contributed by atoms with Crippen LogP contribution < -0.4 is 0 Å². The molecule has 0 aliphatic carbocycles. The van der Waals surface area contributed by atoms with E-state index in [1.165, 1.54) is 24.3 Å². The number of rotatable bonds is 1. The lowest BCUT2D eigenvalue weighted by Crippen LogP contribution is -1.98. The van der Waals surface area contributed by atoms with Crippen LogP contribution in [0.4, 0.5) is 4.39 Å². The molecule has 1 rings (SSSR count). The summed E-state index contributed by atoms with van der Waals surface area (Å²) in [4.78, 5) is 10.7. The molecule has 1 radical (unpaired) electrons. The Bertz CT molecular complexity index is 253. The lowest BCUT2D eigenvalue weighted by atomic mass is 10.2. The maximum atomic E-state index is 12.3. The summed E-state index contributed by atoms with van der Waals surface area (Å²) >= 11 is 0. The van der Waals surface area contributed by atoms with E-state index in [4.69, 9.17) is 0 Å². The molecule has 0 amide bonds. The Morgan fingerprint density at radius 1 is 1.36 bits per heavy atom. The van der Waals surface area contributed by atoms with Crippen LogP contribution in [0.5, 0.6) is 0 Å². The molecule has 0 spiro atoms. The van der Waals surface area contributed by atoms with E-state index >= 15 is 0 Å². The van der Waals surface area contributed by atoms with Gasteiger partial charge in [0, 0.05) is 0 Å². The highest BCUT2D eigenvalue weighted by Crippen LogP contribution is 2.03. The summed E-state index contributed by atoms with van der Waals surface area (Å²) in [6, 6.07) is 5.05. The Morgan fingerprint density at radius 3 is 2.36 bits per heavy atom. The number of benzene rings is 1. The van der Waals surface area contributed by atoms with Crippen molar-refractivity contribution in [3.63, 3.8) is 0 Å². The molecular weight excluding hydrogens is 147 g/mol. The molecule has 2 nitrogen and oxygen atoms in total. The van der Waals surface area contributed by atoms with Crippen molar-refractivity contribution in [1.82, 2.24) is 0 Å². The first-order chi connectivity index (χ1) is 5.24. The topological polar surface area (TPSA) is 26.3 Å². The van der Waals surface area contributed by atoms with E-state index < -0.39 is 5.97 Å². The first kappa shape index (κ1) is 7.72. The molecule has 0 bridgehead atoms. The molecule has 3 heteroatoms. The van der Waals surface area contributed by atoms with Gasteiger partial charge in [0.15, 0.2) is 0 Å². The van der Waals surface area contributed by atoms with E-state index in [1.54, 1.807) is 0 Å². The van der Waals surface area contributed by atoms with Gasteiger partial charge in [0.1, 0.15) is 12.9 Å². The fourth-order valence-electron chi connectivity index (χ4n) is 0.669. The molecular formula is C8H6FO2. The van der Waals surface area contributed by atoms with Gasteiger partial charge < -0.3 is 4.74 Å². The van der Waals surface area contributed by atoms with Crippen LogP contribution in [-0.2, 0) is 4.74 Å². The highest BCUT2D eigenvalue weighted by Gasteiger charge is 2.03. The summed E-state index contributed by atoms with van der Waals surface area (Å²) < 4.78 is 16.5. The molecule has 0 aliphatic heterocycles. The monoisotopic (exact) mass is 153 g/mol. The Hall–Kier alpha value is -1.38. The second-order valence-electron chi connectivity index (χ2n) is 1.94. The quantitative estimate of drug-likeness (QED) is 0.575. The van der Waals surface area contributed by atoms with Gasteiger partial charge in [0.05, 0.1) is 5.56 Å². The van der Waals surface area contributed by atoms with Crippen molar-refractivity contribution in [1.29, 1.82) is 0 Å². The van der Waals surface area contributed by atoms with Gasteiger partial charge >= 0.3 is 5.97 Å². The lowest BCUT2D eigenvalue weighted by molar-refractivity contribution is 0.0654. The second-order valence-corrected chi connectivity index (χ2v) is 1.94. The molecule has 1 aromatic carbocycles. The van der Waals surface area contributed by atoms with Crippen LogP contribution in [0, 0.1) is 12.9 Å². The first-order valence-corrected chi connectivity index (χ1v) is 2.96. The van der Waals surface area contributed by atoms with Gasteiger partial charge in [-0.05, 0) is 24.3 Å². The van der Waals surface area contributed by atoms with Gasteiger partial charge in [-0.2, -0.15) is 0 Å². The number of carbonyl (C=O) groups is 1. The molecule has 0 aliphatic rings. The van der Waals surface area contributed by atoms with Gasteiger partial charge in [0.2, 0.25) is 0 Å². The highest BCUT2D eigenvalue weighted by atomic mass is 19.1. The SMILES string of the molecule is [CH2]OC(=O)c1ccc(F)cc1. The van der Waals surface area contributed by atoms with Gasteiger partial charge in [-0.15, -0.1) is 0 Å². The lowest BCUT2D eigenvalue weighted by Gasteiger charge is -1.96. The number of hydrogen-bond donors (Lipinski definition) is 0. The number of hydrogen-bond acceptors (Lipinski definition) is 2. The summed E-state index contributed by atoms with van der Waals surface area (Å²) in [7, 11) is 2.94. The van der Waals surface area contributed by atoms with E-state index in [9.17, 15) is 9.18 Å². The molecule has 0 fully saturated rings. The molecule has 0 aromatic heterocycles. The van der Waals surface area contributed by atoms with E-state index in [2.05, 4.69) is 11.8 Å². The third kappa shape index (κ3) is 1.77. The van der Waals surface area contributed by atoms with E-state index in [-0.39, 0.29) is 5.82 Å². The largest absolute Gasteiger partial charge is 0.458 e. The molecule has 0 atom stereocenters. The maximum Gasteiger partial charge on any atom is 0.338 e. The standard InChI is InChI=1S/C8H6FO2/c1-11-8(10)6-2-4-7(9)5-3-6/h2-5H,1H2. The predicted molar refractivity (Wildman–Crippen MR) is 37.2 cm³/mol. The number of halogens is 1. The first-order valence-electron chi connectivity index (χ1n) is 2.96. The molecule has 0 saturated carbocycles. The van der Waals surface area contributed by atoms with E-state index in [1.807, 2.05) is 0 Å². The van der Waals surface area contributed by atoms with Gasteiger partial charge in [-0.25, -0.2) is 9.18 Å². The van der Waals surface area contributed by atoms with Crippen molar-refractivity contribution in [2.45, 2.75) is 0 Å². The van der Waals surface area contributed by atoms with Crippen LogP contribution in [0.2, 0.25) is 0 Å². The highest BCUT2D eigenvalue weighted by molar-refractivity contribution is 5.89. The Balaban J connectivity index is 2.90. The average Bonchev–Trinajstić information content (AvgIpc) is 2.05. The molecule has 0 saturated heterocycles. The van der Waals surface area contributed by atoms with Crippen molar-refractivity contribution in [2.75, 3.05) is 0 Å². The summed E-state index contributed by atoms with van der Waals surface area (Å²) in [5.74, 6) is -0.949. The van der Waals surface area contributed by atoms with Crippen LogP contribution in [-0.4, -0.2) is 5.97 Å². The third-order valence-corrected chi connectivity index (χ3v) is 1.21. The maximum absolute atomic E-state index is 12.3. The summed E-state index contributed by atoms with van der Waals surface area (Å²) in [5, 5.41) is 0. The van der Waals surface area contributed by atoms with Crippen LogP contribution in [0.3, 0.4) is 0 Å². The van der Waals surface area contributed by atoms with Gasteiger partial charge in [0.25, 0.3) is 0 Å². The van der Waals surface area contributed by atoms with E-state index in [0.717, 1.165) is 0 Å². The number of ether oxygens (including phenoxy) is 1. The van der Waals surface area contributed by atoms with Crippen molar-refractivity contribution in [3.8, 4) is 0 Å². The minimum Gasteiger partial charge on any atom is -0.458 e. The molecule has 57 valence electrons. The van der Waals surface area contributed by atoms with E-state index in [0.29, 0.717) is 5.56 Å². The minimum atomic E-state index is -0.565. The molecule has 0 unspecified atom stereocenters. The summed E-state index contributed by atoms with van der Waals surface area (Å²) in [5.41, 5.74) is 0.293. The summed E-state index contributed by atoms with van der Waals surface area (Å²) in [6.07, 6.45) is 0. The Morgan fingerprint density at radius 2 is 1.91 bits per heavy atom. The van der Waals surface area contributed by atoms with Crippen molar-refractivity contribution < 1.29 is 13.9 Å². The van der Waals surface area contributed by atoms with Crippen LogP contribution in [0.15, 0.2) is 24.3 Å². The molecule has 1 aromatic rings. The average molecular weight is 153 g/mol. The normalized spacial score (nSPS) is 9.27. The van der Waals surface area contributed by atoms with Gasteiger partial charge in [-0.1, -0.05) is 0 Å². The number of esters is 1. The minimum absolute atomic E-state index is 0.293. The zero-order valence-electron chi connectivity index (χ0n) is 5.71. The Labute approximate surface area is 63.6 Å². The predicted octanol–water partition coefficient (Wildman–Crippen LogP) is 1.77.